The Bertz CT molecular complexity index is 350. The molecule has 1 heterocycles. The molecule has 0 bridgehead atoms. The van der Waals surface area contributed by atoms with Crippen LogP contribution in [0.25, 0.3) is 0 Å². The number of Topliss-reactive ketones (excluding diaryl/α,β-unsaturated/α-hetero) is 1. The van der Waals surface area contributed by atoms with E-state index in [4.69, 9.17) is 5.73 Å². The number of carbonyl (C=O) groups is 1. The average molecular weight is 238 g/mol. The summed E-state index contributed by atoms with van der Waals surface area (Å²) in [5.74, 6) is 1.35. The van der Waals surface area contributed by atoms with Crippen molar-refractivity contribution in [3.05, 3.63) is 23.9 Å². The largest absolute Gasteiger partial charge is 0.384 e. The number of carbonyl (C=O) groups excluding carboxylic acids is 1. The maximum atomic E-state index is 11.7. The summed E-state index contributed by atoms with van der Waals surface area (Å²) < 4.78 is 0. The number of hydrogen-bond acceptors (Lipinski definition) is 3. The van der Waals surface area contributed by atoms with Gasteiger partial charge in [0, 0.05) is 18.6 Å². The van der Waals surface area contributed by atoms with E-state index in [9.17, 15) is 4.79 Å². The molecule has 0 amide bonds. The van der Waals surface area contributed by atoms with Crippen LogP contribution in [0.4, 0.5) is 5.82 Å². The number of ketones is 1. The topological polar surface area (TPSA) is 56.0 Å². The molecule has 17 heavy (non-hydrogen) atoms. The Labute approximate surface area is 106 Å². The molecule has 0 saturated carbocycles. The minimum absolute atomic E-state index is 0. The fraction of sp³-hybridized carbons (Fsp3) is 0.571. The highest BCUT2D eigenvalue weighted by Gasteiger charge is 2.22. The van der Waals surface area contributed by atoms with Gasteiger partial charge in [0.05, 0.1) is 0 Å². The van der Waals surface area contributed by atoms with E-state index in [1.165, 1.54) is 6.20 Å². The summed E-state index contributed by atoms with van der Waals surface area (Å²) >= 11 is 0. The van der Waals surface area contributed by atoms with Crippen LogP contribution >= 0.6 is 0 Å². The number of nitrogen functional groups attached to an aromatic ring is 1. The summed E-state index contributed by atoms with van der Waals surface area (Å²) in [5.41, 5.74) is 5.66. The molecule has 1 aromatic rings. The third-order valence-corrected chi connectivity index (χ3v) is 1.73. The molecule has 1 aromatic heterocycles. The Hall–Kier alpha value is -1.38. The van der Waals surface area contributed by atoms with Gasteiger partial charge in [0.15, 0.2) is 5.78 Å². The first kappa shape index (κ1) is 15.6. The van der Waals surface area contributed by atoms with E-state index in [1.54, 1.807) is 12.1 Å². The van der Waals surface area contributed by atoms with E-state index in [1.807, 2.05) is 20.8 Å². The number of aromatic nitrogens is 1. The lowest BCUT2D eigenvalue weighted by Crippen LogP contribution is -2.20. The first-order chi connectivity index (χ1) is 7.64. The van der Waals surface area contributed by atoms with Crippen molar-refractivity contribution >= 4 is 11.6 Å². The molecule has 0 spiro atoms. The van der Waals surface area contributed by atoms with Crippen molar-refractivity contribution in [3.8, 4) is 0 Å². The van der Waals surface area contributed by atoms with Crippen LogP contribution < -0.4 is 5.73 Å². The van der Waals surface area contributed by atoms with E-state index >= 15 is 0 Å². The van der Waals surface area contributed by atoms with Gasteiger partial charge in [-0.3, -0.25) is 4.79 Å². The number of nitrogens with zero attached hydrogens (tertiary/aromatic N) is 1. The van der Waals surface area contributed by atoms with E-state index in [0.29, 0.717) is 11.4 Å². The van der Waals surface area contributed by atoms with Crippen molar-refractivity contribution in [2.45, 2.75) is 41.5 Å². The minimum Gasteiger partial charge on any atom is -0.384 e. The zero-order chi connectivity index (χ0) is 13.6. The van der Waals surface area contributed by atoms with Crippen molar-refractivity contribution in [2.75, 3.05) is 5.73 Å². The average Bonchev–Trinajstić information content (AvgIpc) is 2.15. The fourth-order valence-corrected chi connectivity index (χ4v) is 0.973. The lowest BCUT2D eigenvalue weighted by molar-refractivity contribution is 0.0858. The number of rotatable bonds is 1. The van der Waals surface area contributed by atoms with Gasteiger partial charge in [-0.1, -0.05) is 41.5 Å². The molecule has 3 nitrogen and oxygen atoms in total. The highest BCUT2D eigenvalue weighted by molar-refractivity contribution is 5.99. The van der Waals surface area contributed by atoms with Crippen LogP contribution in [0.2, 0.25) is 0 Å². The monoisotopic (exact) mass is 238 g/mol. The molecule has 0 aliphatic carbocycles. The molecule has 0 atom stereocenters. The third kappa shape index (κ3) is 6.72. The van der Waals surface area contributed by atoms with Gasteiger partial charge in [-0.2, -0.15) is 0 Å². The van der Waals surface area contributed by atoms with E-state index in [0.717, 1.165) is 5.92 Å². The SMILES string of the molecule is CC(C)(C)C(=O)c1ccc(N)nc1.CC(C)C.[HH]. The third-order valence-electron chi connectivity index (χ3n) is 1.73. The van der Waals surface area contributed by atoms with E-state index in [2.05, 4.69) is 25.8 Å². The molecular formula is C14H26N2O. The number of hydrogen-bond donors (Lipinski definition) is 1. The van der Waals surface area contributed by atoms with Gasteiger partial charge in [0.2, 0.25) is 0 Å². The van der Waals surface area contributed by atoms with Crippen LogP contribution in [0.1, 0.15) is 53.3 Å². The Morgan fingerprint density at radius 2 is 1.76 bits per heavy atom. The zero-order valence-corrected chi connectivity index (χ0v) is 11.7. The molecule has 2 N–H and O–H groups in total. The number of nitrogens with two attached hydrogens (primary N) is 1. The van der Waals surface area contributed by atoms with Gasteiger partial charge >= 0.3 is 0 Å². The lowest BCUT2D eigenvalue weighted by atomic mass is 9.87. The second-order valence-electron chi connectivity index (χ2n) is 5.78. The summed E-state index contributed by atoms with van der Waals surface area (Å²) in [7, 11) is 0. The van der Waals surface area contributed by atoms with Crippen LogP contribution in [0.15, 0.2) is 18.3 Å². The first-order valence-electron chi connectivity index (χ1n) is 5.91. The van der Waals surface area contributed by atoms with Crippen molar-refractivity contribution in [1.82, 2.24) is 4.98 Å². The van der Waals surface area contributed by atoms with Crippen molar-refractivity contribution < 1.29 is 6.22 Å². The lowest BCUT2D eigenvalue weighted by Gasteiger charge is -2.15. The zero-order valence-electron chi connectivity index (χ0n) is 11.7. The van der Waals surface area contributed by atoms with Gasteiger partial charge in [-0.05, 0) is 18.1 Å². The molecule has 0 aliphatic heterocycles. The Morgan fingerprint density at radius 3 is 2.06 bits per heavy atom. The summed E-state index contributed by atoms with van der Waals surface area (Å²) in [6, 6.07) is 3.34. The van der Waals surface area contributed by atoms with Crippen LogP contribution in [-0.4, -0.2) is 10.8 Å². The molecule has 0 aromatic carbocycles. The van der Waals surface area contributed by atoms with Crippen molar-refractivity contribution in [2.24, 2.45) is 11.3 Å². The Kier molecular flexibility index (Phi) is 5.86. The van der Waals surface area contributed by atoms with Crippen LogP contribution in [0.5, 0.6) is 0 Å². The normalized spacial score (nSPS) is 10.8. The Balaban J connectivity index is 0. The van der Waals surface area contributed by atoms with E-state index < -0.39 is 0 Å². The summed E-state index contributed by atoms with van der Waals surface area (Å²) in [6.45, 7) is 12.1. The second kappa shape index (κ2) is 6.38. The van der Waals surface area contributed by atoms with Gasteiger partial charge in [-0.25, -0.2) is 4.98 Å². The van der Waals surface area contributed by atoms with Crippen molar-refractivity contribution in [3.63, 3.8) is 0 Å². The van der Waals surface area contributed by atoms with Gasteiger partial charge in [0.25, 0.3) is 0 Å². The molecule has 0 saturated heterocycles. The maximum Gasteiger partial charge on any atom is 0.169 e. The smallest absolute Gasteiger partial charge is 0.169 e. The van der Waals surface area contributed by atoms with Crippen LogP contribution in [-0.2, 0) is 0 Å². The number of anilines is 1. The summed E-state index contributed by atoms with van der Waals surface area (Å²) in [5, 5.41) is 0. The first-order valence-corrected chi connectivity index (χ1v) is 5.91. The molecular weight excluding hydrogens is 212 g/mol. The summed E-state index contributed by atoms with van der Waals surface area (Å²) in [4.78, 5) is 15.6. The fourth-order valence-electron chi connectivity index (χ4n) is 0.973. The molecule has 98 valence electrons. The molecule has 3 heteroatoms. The van der Waals surface area contributed by atoms with Crippen LogP contribution in [0, 0.1) is 11.3 Å². The maximum absolute atomic E-state index is 11.7. The van der Waals surface area contributed by atoms with Crippen LogP contribution in [0.3, 0.4) is 0 Å². The van der Waals surface area contributed by atoms with Gasteiger partial charge < -0.3 is 5.73 Å². The summed E-state index contributed by atoms with van der Waals surface area (Å²) in [6.07, 6.45) is 1.52. The second-order valence-corrected chi connectivity index (χ2v) is 5.78. The predicted molar refractivity (Wildman–Crippen MR) is 75.1 cm³/mol. The predicted octanol–water partition coefficient (Wildman–Crippen LogP) is 3.80. The molecule has 0 unspecified atom stereocenters. The molecule has 0 aliphatic rings. The van der Waals surface area contributed by atoms with Gasteiger partial charge in [0.1, 0.15) is 5.82 Å². The van der Waals surface area contributed by atoms with Gasteiger partial charge in [-0.15, -0.1) is 0 Å². The Morgan fingerprint density at radius 1 is 1.29 bits per heavy atom. The van der Waals surface area contributed by atoms with E-state index in [-0.39, 0.29) is 12.6 Å². The minimum atomic E-state index is -0.363. The quantitative estimate of drug-likeness (QED) is 0.757. The molecule has 1 rings (SSSR count). The highest BCUT2D eigenvalue weighted by Crippen LogP contribution is 2.20. The van der Waals surface area contributed by atoms with Crippen molar-refractivity contribution in [1.29, 1.82) is 0 Å². The number of pyridine rings is 1. The highest BCUT2D eigenvalue weighted by atomic mass is 16.1. The molecule has 0 fully saturated rings. The molecule has 0 radical (unpaired) electrons. The standard InChI is InChI=1S/C10H14N2O.C4H10.H2/c1-10(2,3)9(13)7-4-5-8(11)12-6-7;1-4(2)3;/h4-6H,1-3H3,(H2,11,12);4H,1-3H3;1H.